The molecule has 0 spiro atoms. The van der Waals surface area contributed by atoms with Crippen molar-refractivity contribution in [1.29, 1.82) is 5.26 Å². The molecule has 10 heteroatoms. The molecule has 10 nitrogen and oxygen atoms in total. The van der Waals surface area contributed by atoms with Crippen LogP contribution in [0.4, 0.5) is 5.69 Å². The molecule has 2 heterocycles. The lowest BCUT2D eigenvalue weighted by atomic mass is 10.1. The van der Waals surface area contributed by atoms with E-state index >= 15 is 0 Å². The third kappa shape index (κ3) is 5.16. The van der Waals surface area contributed by atoms with Crippen molar-refractivity contribution in [3.8, 4) is 29.5 Å². The van der Waals surface area contributed by atoms with E-state index in [1.807, 2.05) is 32.3 Å². The minimum absolute atomic E-state index is 0.0569. The van der Waals surface area contributed by atoms with Crippen LogP contribution in [0.3, 0.4) is 0 Å². The fraction of sp³-hybridized carbons (Fsp3) is 0.296. The van der Waals surface area contributed by atoms with Crippen LogP contribution < -0.4 is 15.2 Å². The van der Waals surface area contributed by atoms with Crippen LogP contribution in [0.15, 0.2) is 42.5 Å². The van der Waals surface area contributed by atoms with E-state index in [0.29, 0.717) is 59.8 Å². The van der Waals surface area contributed by atoms with Crippen molar-refractivity contribution in [3.63, 3.8) is 0 Å². The second-order valence-corrected chi connectivity index (χ2v) is 8.19. The Bertz CT molecular complexity index is 1490. The zero-order chi connectivity index (χ0) is 26.5. The lowest BCUT2D eigenvalue weighted by molar-refractivity contribution is 0.0770. The minimum atomic E-state index is -0.217. The Morgan fingerprint density at radius 3 is 2.49 bits per heavy atom. The summed E-state index contributed by atoms with van der Waals surface area (Å²) in [6.45, 7) is 9.52. The molecule has 0 saturated heterocycles. The van der Waals surface area contributed by atoms with Crippen LogP contribution in [-0.2, 0) is 13.0 Å². The fourth-order valence-electron chi connectivity index (χ4n) is 4.08. The Balaban J connectivity index is 1.85. The van der Waals surface area contributed by atoms with E-state index in [4.69, 9.17) is 15.2 Å². The summed E-state index contributed by atoms with van der Waals surface area (Å²) in [5.74, 6) is 1.52. The summed E-state index contributed by atoms with van der Waals surface area (Å²) in [5.41, 5.74) is 8.15. The van der Waals surface area contributed by atoms with E-state index in [9.17, 15) is 10.1 Å². The third-order valence-electron chi connectivity index (χ3n) is 5.93. The van der Waals surface area contributed by atoms with Gasteiger partial charge in [0.1, 0.15) is 17.3 Å². The van der Waals surface area contributed by atoms with Gasteiger partial charge >= 0.3 is 6.01 Å². The molecular weight excluding hydrogens is 470 g/mol. The number of aryl methyl sites for hydroxylation is 2. The molecule has 4 aromatic rings. The van der Waals surface area contributed by atoms with Gasteiger partial charge in [-0.1, -0.05) is 13.0 Å². The highest BCUT2D eigenvalue weighted by atomic mass is 16.5. The number of hydrogen-bond acceptors (Lipinski definition) is 8. The van der Waals surface area contributed by atoms with Gasteiger partial charge in [0.05, 0.1) is 17.2 Å². The second kappa shape index (κ2) is 11.0. The number of carbonyl (C=O) groups is 1. The number of nitrogens with two attached hydrogens (primary N) is 1. The van der Waals surface area contributed by atoms with Crippen LogP contribution in [0.1, 0.15) is 49.4 Å². The van der Waals surface area contributed by atoms with Gasteiger partial charge in [-0.3, -0.25) is 4.79 Å². The zero-order valence-electron chi connectivity index (χ0n) is 21.4. The smallest absolute Gasteiger partial charge is 0.327 e. The number of nitrogen functional groups attached to an aromatic ring is 1. The minimum Gasteiger partial charge on any atom is -0.437 e. The SMILES string of the molecule is CCc1nc2nc(Oc3cc(C#N)ccc3C(=O)N(CC)CC)nc(Oc3cccc(N)c3)c2n1CC. The maximum Gasteiger partial charge on any atom is 0.327 e. The summed E-state index contributed by atoms with van der Waals surface area (Å²) >= 11 is 0. The number of hydrogen-bond donors (Lipinski definition) is 1. The quantitative estimate of drug-likeness (QED) is 0.321. The number of aromatic nitrogens is 4. The van der Waals surface area contributed by atoms with Crippen LogP contribution in [-0.4, -0.2) is 43.4 Å². The summed E-state index contributed by atoms with van der Waals surface area (Å²) in [5, 5.41) is 9.44. The van der Waals surface area contributed by atoms with Gasteiger partial charge < -0.3 is 24.7 Å². The van der Waals surface area contributed by atoms with Gasteiger partial charge in [-0.25, -0.2) is 4.98 Å². The number of imidazole rings is 1. The van der Waals surface area contributed by atoms with Gasteiger partial charge in [-0.05, 0) is 51.1 Å². The Kier molecular flexibility index (Phi) is 7.53. The van der Waals surface area contributed by atoms with Crippen LogP contribution in [0.2, 0.25) is 0 Å². The Labute approximate surface area is 215 Å². The molecule has 0 atom stereocenters. The molecule has 2 aromatic carbocycles. The standard InChI is InChI=1S/C27H29N7O3/c1-5-22-30-24-23(34(22)8-4)25(36-19-11-9-10-18(29)15-19)32-27(31-24)37-21-14-17(16-28)12-13-20(21)26(35)33(6-2)7-3/h9-15H,5-8,29H2,1-4H3. The summed E-state index contributed by atoms with van der Waals surface area (Å²) in [6.07, 6.45) is 0.685. The van der Waals surface area contributed by atoms with Crippen LogP contribution in [0.25, 0.3) is 11.2 Å². The summed E-state index contributed by atoms with van der Waals surface area (Å²) in [7, 11) is 0. The molecule has 37 heavy (non-hydrogen) atoms. The van der Waals surface area contributed by atoms with Crippen molar-refractivity contribution in [2.75, 3.05) is 18.8 Å². The number of rotatable bonds is 9. The lowest BCUT2D eigenvalue weighted by Crippen LogP contribution is -2.30. The van der Waals surface area contributed by atoms with Crippen molar-refractivity contribution in [2.24, 2.45) is 0 Å². The molecule has 0 radical (unpaired) electrons. The normalized spacial score (nSPS) is 10.8. The topological polar surface area (TPSA) is 132 Å². The van der Waals surface area contributed by atoms with Gasteiger partial charge in [0, 0.05) is 37.8 Å². The number of benzene rings is 2. The zero-order valence-corrected chi connectivity index (χ0v) is 21.4. The van der Waals surface area contributed by atoms with Crippen LogP contribution in [0.5, 0.6) is 23.4 Å². The molecule has 0 aliphatic rings. The van der Waals surface area contributed by atoms with Crippen molar-refractivity contribution >= 4 is 22.8 Å². The predicted octanol–water partition coefficient (Wildman–Crippen LogP) is 4.93. The highest BCUT2D eigenvalue weighted by Gasteiger charge is 2.23. The molecule has 0 fully saturated rings. The first kappa shape index (κ1) is 25.4. The molecule has 0 aliphatic heterocycles. The average molecular weight is 500 g/mol. The maximum atomic E-state index is 13.2. The first-order valence-corrected chi connectivity index (χ1v) is 12.2. The Morgan fingerprint density at radius 1 is 1.05 bits per heavy atom. The molecule has 1 amide bonds. The number of fused-ring (bicyclic) bond motifs is 1. The number of anilines is 1. The van der Waals surface area contributed by atoms with E-state index in [-0.39, 0.29) is 23.5 Å². The van der Waals surface area contributed by atoms with E-state index in [1.54, 1.807) is 41.3 Å². The monoisotopic (exact) mass is 499 g/mol. The first-order valence-electron chi connectivity index (χ1n) is 12.2. The predicted molar refractivity (Wildman–Crippen MR) is 140 cm³/mol. The van der Waals surface area contributed by atoms with E-state index in [2.05, 4.69) is 21.0 Å². The van der Waals surface area contributed by atoms with E-state index < -0.39 is 0 Å². The van der Waals surface area contributed by atoms with Gasteiger partial charge in [-0.2, -0.15) is 15.2 Å². The van der Waals surface area contributed by atoms with Crippen molar-refractivity contribution < 1.29 is 14.3 Å². The van der Waals surface area contributed by atoms with Gasteiger partial charge in [0.15, 0.2) is 11.2 Å². The van der Waals surface area contributed by atoms with Gasteiger partial charge in [0.25, 0.3) is 11.8 Å². The van der Waals surface area contributed by atoms with Crippen molar-refractivity contribution in [1.82, 2.24) is 24.4 Å². The molecule has 190 valence electrons. The summed E-state index contributed by atoms with van der Waals surface area (Å²) in [4.78, 5) is 28.6. The molecular formula is C27H29N7O3. The van der Waals surface area contributed by atoms with E-state index in [1.165, 1.54) is 6.07 Å². The molecule has 0 saturated carbocycles. The van der Waals surface area contributed by atoms with Crippen molar-refractivity contribution in [2.45, 2.75) is 40.7 Å². The van der Waals surface area contributed by atoms with Crippen LogP contribution in [0, 0.1) is 11.3 Å². The first-order chi connectivity index (χ1) is 17.9. The Hall–Kier alpha value is -4.65. The number of nitriles is 1. The van der Waals surface area contributed by atoms with Crippen molar-refractivity contribution in [3.05, 3.63) is 59.4 Å². The van der Waals surface area contributed by atoms with Gasteiger partial charge in [-0.15, -0.1) is 0 Å². The summed E-state index contributed by atoms with van der Waals surface area (Å²) in [6, 6.07) is 13.7. The van der Waals surface area contributed by atoms with Crippen LogP contribution >= 0.6 is 0 Å². The fourth-order valence-corrected chi connectivity index (χ4v) is 4.08. The third-order valence-corrected chi connectivity index (χ3v) is 5.93. The summed E-state index contributed by atoms with van der Waals surface area (Å²) < 4.78 is 14.2. The highest BCUT2D eigenvalue weighted by molar-refractivity contribution is 5.97. The second-order valence-electron chi connectivity index (χ2n) is 8.19. The maximum absolute atomic E-state index is 13.2. The number of carbonyl (C=O) groups excluding carboxylic acids is 1. The lowest BCUT2D eigenvalue weighted by Gasteiger charge is -2.20. The number of nitrogens with zero attached hydrogens (tertiary/aromatic N) is 6. The largest absolute Gasteiger partial charge is 0.437 e. The highest BCUT2D eigenvalue weighted by Crippen LogP contribution is 2.33. The van der Waals surface area contributed by atoms with Gasteiger partial charge in [0.2, 0.25) is 0 Å². The number of amides is 1. The molecule has 0 bridgehead atoms. The molecule has 4 rings (SSSR count). The molecule has 0 unspecified atom stereocenters. The Morgan fingerprint density at radius 2 is 1.84 bits per heavy atom. The molecule has 2 aromatic heterocycles. The molecule has 2 N–H and O–H groups in total. The average Bonchev–Trinajstić information content (AvgIpc) is 3.27. The number of ether oxygens (including phenoxy) is 2. The van der Waals surface area contributed by atoms with E-state index in [0.717, 1.165) is 5.82 Å². The molecule has 0 aliphatic carbocycles.